The minimum Gasteiger partial charge on any atom is -0.466 e. The summed E-state index contributed by atoms with van der Waals surface area (Å²) in [6.45, 7) is 10.3. The van der Waals surface area contributed by atoms with Crippen molar-refractivity contribution in [2.24, 2.45) is 5.92 Å². The second-order valence-corrected chi connectivity index (χ2v) is 5.87. The van der Waals surface area contributed by atoms with Crippen molar-refractivity contribution in [3.8, 4) is 6.07 Å². The zero-order chi connectivity index (χ0) is 14.0. The molecular formula is C14H22N2O2. The van der Waals surface area contributed by atoms with E-state index in [-0.39, 0.29) is 23.0 Å². The maximum Gasteiger partial charge on any atom is 0.313 e. The number of hydrogen-bond donors (Lipinski definition) is 1. The molecule has 4 heteroatoms. The van der Waals surface area contributed by atoms with Gasteiger partial charge in [-0.1, -0.05) is 0 Å². The first kappa shape index (κ1) is 14.7. The first-order valence-electron chi connectivity index (χ1n) is 6.29. The van der Waals surface area contributed by atoms with Gasteiger partial charge in [0.15, 0.2) is 0 Å². The summed E-state index contributed by atoms with van der Waals surface area (Å²) in [6.07, 6.45) is 2.12. The van der Waals surface area contributed by atoms with Gasteiger partial charge in [-0.25, -0.2) is 0 Å². The number of ether oxygens (including phenoxy) is 1. The van der Waals surface area contributed by atoms with Gasteiger partial charge in [-0.05, 0) is 46.6 Å². The molecule has 1 heterocycles. The average Bonchev–Trinajstić information content (AvgIpc) is 2.20. The number of allylic oxidation sites excluding steroid dienone is 1. The molecule has 0 aromatic rings. The fourth-order valence-electron chi connectivity index (χ4n) is 2.83. The number of nitrogens with one attached hydrogen (secondary N) is 1. The summed E-state index contributed by atoms with van der Waals surface area (Å²) in [6, 6.07) is 2.04. The molecule has 0 saturated carbocycles. The Hall–Kier alpha value is -1.34. The fourth-order valence-corrected chi connectivity index (χ4v) is 2.83. The maximum atomic E-state index is 12.1. The minimum atomic E-state index is -0.380. The summed E-state index contributed by atoms with van der Waals surface area (Å²) in [4.78, 5) is 12.1. The molecule has 0 amide bonds. The molecule has 1 fully saturated rings. The molecule has 1 aliphatic rings. The van der Waals surface area contributed by atoms with E-state index in [1.165, 1.54) is 6.08 Å². The van der Waals surface area contributed by atoms with Crippen molar-refractivity contribution in [1.82, 2.24) is 5.32 Å². The Labute approximate surface area is 109 Å². The van der Waals surface area contributed by atoms with Crippen LogP contribution in [0.1, 0.15) is 41.0 Å². The first-order valence-corrected chi connectivity index (χ1v) is 6.29. The molecule has 0 aromatic carbocycles. The van der Waals surface area contributed by atoms with Crippen molar-refractivity contribution in [1.29, 1.82) is 5.26 Å². The van der Waals surface area contributed by atoms with Crippen LogP contribution >= 0.6 is 0 Å². The van der Waals surface area contributed by atoms with Crippen LogP contribution in [0, 0.1) is 17.2 Å². The van der Waals surface area contributed by atoms with Crippen LogP contribution in [-0.4, -0.2) is 23.7 Å². The van der Waals surface area contributed by atoms with Crippen LogP contribution in [0.4, 0.5) is 0 Å². The molecule has 100 valence electrons. The third-order valence-electron chi connectivity index (χ3n) is 3.25. The Morgan fingerprint density at radius 3 is 2.67 bits per heavy atom. The van der Waals surface area contributed by atoms with Crippen molar-refractivity contribution >= 4 is 5.97 Å². The van der Waals surface area contributed by atoms with Gasteiger partial charge in [-0.15, -0.1) is 0 Å². The monoisotopic (exact) mass is 250 g/mol. The van der Waals surface area contributed by atoms with E-state index in [0.717, 1.165) is 5.57 Å². The van der Waals surface area contributed by atoms with E-state index < -0.39 is 0 Å². The van der Waals surface area contributed by atoms with Crippen molar-refractivity contribution in [2.75, 3.05) is 6.61 Å². The Balaban J connectivity index is 3.14. The number of nitrogens with zero attached hydrogens (tertiary/aromatic N) is 1. The third kappa shape index (κ3) is 3.11. The first-order chi connectivity index (χ1) is 8.23. The highest BCUT2D eigenvalue weighted by Crippen LogP contribution is 2.38. The molecule has 1 aliphatic heterocycles. The van der Waals surface area contributed by atoms with Gasteiger partial charge < -0.3 is 10.1 Å². The van der Waals surface area contributed by atoms with Crippen molar-refractivity contribution in [3.63, 3.8) is 0 Å². The van der Waals surface area contributed by atoms with E-state index in [2.05, 4.69) is 19.2 Å². The van der Waals surface area contributed by atoms with Gasteiger partial charge in [-0.3, -0.25) is 4.79 Å². The standard InChI is InChI=1S/C14H22N2O2/c1-6-18-12(17)10-9-13(2,3)16-14(4,5)11(10)7-8-15/h7,10,16H,6,9H2,1-5H3. The van der Waals surface area contributed by atoms with E-state index in [4.69, 9.17) is 10.00 Å². The molecule has 1 saturated heterocycles. The highest BCUT2D eigenvalue weighted by atomic mass is 16.5. The lowest BCUT2D eigenvalue weighted by Gasteiger charge is -2.47. The van der Waals surface area contributed by atoms with Crippen LogP contribution in [0.5, 0.6) is 0 Å². The van der Waals surface area contributed by atoms with Crippen molar-refractivity contribution < 1.29 is 9.53 Å². The van der Waals surface area contributed by atoms with Crippen LogP contribution in [0.3, 0.4) is 0 Å². The second-order valence-electron chi connectivity index (χ2n) is 5.87. The highest BCUT2D eigenvalue weighted by Gasteiger charge is 2.45. The van der Waals surface area contributed by atoms with Crippen molar-refractivity contribution in [3.05, 3.63) is 11.6 Å². The average molecular weight is 250 g/mol. The fraction of sp³-hybridized carbons (Fsp3) is 0.714. The number of piperidine rings is 1. The Morgan fingerprint density at radius 2 is 2.17 bits per heavy atom. The molecule has 1 N–H and O–H groups in total. The number of hydrogen-bond acceptors (Lipinski definition) is 4. The predicted molar refractivity (Wildman–Crippen MR) is 69.7 cm³/mol. The molecule has 1 rings (SSSR count). The summed E-state index contributed by atoms with van der Waals surface area (Å²) >= 11 is 0. The van der Waals surface area contributed by atoms with E-state index in [0.29, 0.717) is 13.0 Å². The SMILES string of the molecule is CCOC(=O)C1CC(C)(C)NC(C)(C)C1=CC#N. The smallest absolute Gasteiger partial charge is 0.313 e. The Kier molecular flexibility index (Phi) is 4.18. The maximum absolute atomic E-state index is 12.1. The van der Waals surface area contributed by atoms with E-state index >= 15 is 0 Å². The number of nitriles is 1. The van der Waals surface area contributed by atoms with Crippen LogP contribution in [-0.2, 0) is 9.53 Å². The van der Waals surface area contributed by atoms with Gasteiger partial charge >= 0.3 is 5.97 Å². The van der Waals surface area contributed by atoms with E-state index in [1.807, 2.05) is 19.9 Å². The van der Waals surface area contributed by atoms with Crippen molar-refractivity contribution in [2.45, 2.75) is 52.1 Å². The topological polar surface area (TPSA) is 62.1 Å². The van der Waals surface area contributed by atoms with Gasteiger partial charge in [0.05, 0.1) is 18.6 Å². The summed E-state index contributed by atoms with van der Waals surface area (Å²) in [5.74, 6) is -0.572. The molecule has 0 bridgehead atoms. The lowest BCUT2D eigenvalue weighted by atomic mass is 9.72. The zero-order valence-electron chi connectivity index (χ0n) is 11.8. The quantitative estimate of drug-likeness (QED) is 0.602. The molecule has 0 spiro atoms. The third-order valence-corrected chi connectivity index (χ3v) is 3.25. The molecule has 0 aromatic heterocycles. The predicted octanol–water partition coefficient (Wildman–Crippen LogP) is 2.17. The second kappa shape index (κ2) is 5.11. The number of carbonyl (C=O) groups is 1. The van der Waals surface area contributed by atoms with Gasteiger partial charge in [0.2, 0.25) is 0 Å². The molecule has 4 nitrogen and oxygen atoms in total. The van der Waals surface area contributed by atoms with Gasteiger partial charge in [0, 0.05) is 17.2 Å². The minimum absolute atomic E-state index is 0.159. The van der Waals surface area contributed by atoms with Crippen LogP contribution in [0.15, 0.2) is 11.6 Å². The summed E-state index contributed by atoms with van der Waals surface area (Å²) in [5.41, 5.74) is 0.269. The molecule has 0 radical (unpaired) electrons. The number of esters is 1. The summed E-state index contributed by atoms with van der Waals surface area (Å²) in [7, 11) is 0. The highest BCUT2D eigenvalue weighted by molar-refractivity contribution is 5.77. The summed E-state index contributed by atoms with van der Waals surface area (Å²) in [5, 5.41) is 12.4. The lowest BCUT2D eigenvalue weighted by molar-refractivity contribution is -0.148. The molecular weight excluding hydrogens is 228 g/mol. The molecule has 0 aliphatic carbocycles. The van der Waals surface area contributed by atoms with E-state index in [1.54, 1.807) is 6.92 Å². The molecule has 18 heavy (non-hydrogen) atoms. The lowest BCUT2D eigenvalue weighted by Crippen LogP contribution is -2.60. The zero-order valence-corrected chi connectivity index (χ0v) is 11.8. The van der Waals surface area contributed by atoms with Crippen LogP contribution in [0.2, 0.25) is 0 Å². The molecule has 1 atom stereocenters. The Bertz CT molecular complexity index is 403. The number of carbonyl (C=O) groups excluding carboxylic acids is 1. The molecule has 1 unspecified atom stereocenters. The van der Waals surface area contributed by atoms with Crippen LogP contribution < -0.4 is 5.32 Å². The van der Waals surface area contributed by atoms with E-state index in [9.17, 15) is 4.79 Å². The van der Waals surface area contributed by atoms with Gasteiger partial charge in [0.25, 0.3) is 0 Å². The largest absolute Gasteiger partial charge is 0.466 e. The normalized spacial score (nSPS) is 27.6. The number of rotatable bonds is 2. The summed E-state index contributed by atoms with van der Waals surface area (Å²) < 4.78 is 5.13. The Morgan fingerprint density at radius 1 is 1.56 bits per heavy atom. The van der Waals surface area contributed by atoms with Crippen LogP contribution in [0.25, 0.3) is 0 Å². The van der Waals surface area contributed by atoms with Gasteiger partial charge in [-0.2, -0.15) is 5.26 Å². The van der Waals surface area contributed by atoms with Gasteiger partial charge in [0.1, 0.15) is 0 Å².